The van der Waals surface area contributed by atoms with Gasteiger partial charge in [0.15, 0.2) is 6.61 Å². The van der Waals surface area contributed by atoms with Crippen molar-refractivity contribution in [3.63, 3.8) is 0 Å². The van der Waals surface area contributed by atoms with E-state index in [1.165, 1.54) is 6.20 Å². The van der Waals surface area contributed by atoms with E-state index in [2.05, 4.69) is 5.10 Å². The van der Waals surface area contributed by atoms with E-state index in [-0.39, 0.29) is 12.5 Å². The molecular weight excluding hydrogens is 294 g/mol. The summed E-state index contributed by atoms with van der Waals surface area (Å²) in [5, 5.41) is 3.99. The smallest absolute Gasteiger partial charge is 0.342 e. The molecular formula is C17H21N3O3. The molecule has 1 amide bonds. The van der Waals surface area contributed by atoms with Crippen molar-refractivity contribution < 1.29 is 14.3 Å². The summed E-state index contributed by atoms with van der Waals surface area (Å²) in [5.41, 5.74) is 2.13. The zero-order chi connectivity index (χ0) is 16.8. The molecule has 0 spiro atoms. The van der Waals surface area contributed by atoms with Crippen LogP contribution in [0.3, 0.4) is 0 Å². The van der Waals surface area contributed by atoms with E-state index >= 15 is 0 Å². The van der Waals surface area contributed by atoms with Crippen LogP contribution in [0.1, 0.15) is 28.5 Å². The Morgan fingerprint density at radius 1 is 1.26 bits per heavy atom. The van der Waals surface area contributed by atoms with Crippen molar-refractivity contribution in [2.75, 3.05) is 13.2 Å². The summed E-state index contributed by atoms with van der Waals surface area (Å²) in [4.78, 5) is 25.9. The number of aryl methyl sites for hydroxylation is 1. The first kappa shape index (κ1) is 16.7. The molecule has 0 saturated heterocycles. The van der Waals surface area contributed by atoms with Crippen molar-refractivity contribution in [1.82, 2.24) is 14.7 Å². The fourth-order valence-electron chi connectivity index (χ4n) is 2.18. The largest absolute Gasteiger partial charge is 0.452 e. The molecule has 6 heteroatoms. The molecule has 0 N–H and O–H groups in total. The van der Waals surface area contributed by atoms with E-state index in [1.54, 1.807) is 23.6 Å². The van der Waals surface area contributed by atoms with Crippen LogP contribution in [-0.4, -0.2) is 39.7 Å². The maximum Gasteiger partial charge on any atom is 0.342 e. The topological polar surface area (TPSA) is 64.4 Å². The van der Waals surface area contributed by atoms with Gasteiger partial charge in [0, 0.05) is 25.8 Å². The molecule has 0 aliphatic rings. The number of benzene rings is 1. The van der Waals surface area contributed by atoms with Crippen molar-refractivity contribution >= 4 is 11.9 Å². The molecule has 0 aliphatic carbocycles. The van der Waals surface area contributed by atoms with E-state index < -0.39 is 5.97 Å². The molecule has 2 rings (SSSR count). The summed E-state index contributed by atoms with van der Waals surface area (Å²) in [5.74, 6) is -0.744. The third-order valence-corrected chi connectivity index (χ3v) is 3.73. The number of hydrogen-bond donors (Lipinski definition) is 0. The molecule has 0 unspecified atom stereocenters. The lowest BCUT2D eigenvalue weighted by Gasteiger charge is -2.20. The van der Waals surface area contributed by atoms with Crippen LogP contribution in [0, 0.1) is 6.92 Å². The third kappa shape index (κ3) is 4.18. The average Bonchev–Trinajstić information content (AvgIpc) is 2.90. The van der Waals surface area contributed by atoms with Crippen LogP contribution >= 0.6 is 0 Å². The zero-order valence-electron chi connectivity index (χ0n) is 13.7. The number of likely N-dealkylation sites (N-methyl/N-ethyl adjacent to an activating group) is 1. The van der Waals surface area contributed by atoms with Gasteiger partial charge in [-0.25, -0.2) is 4.79 Å². The second-order valence-corrected chi connectivity index (χ2v) is 5.24. The fraction of sp³-hybridized carbons (Fsp3) is 0.353. The van der Waals surface area contributed by atoms with Crippen LogP contribution in [0.25, 0.3) is 0 Å². The van der Waals surface area contributed by atoms with Gasteiger partial charge in [-0.05, 0) is 19.4 Å². The molecule has 0 bridgehead atoms. The van der Waals surface area contributed by atoms with Gasteiger partial charge < -0.3 is 9.64 Å². The maximum atomic E-state index is 12.2. The molecule has 1 aromatic carbocycles. The Morgan fingerprint density at radius 2 is 1.96 bits per heavy atom. The lowest BCUT2D eigenvalue weighted by molar-refractivity contribution is -0.134. The summed E-state index contributed by atoms with van der Waals surface area (Å²) in [6, 6.07) is 9.71. The van der Waals surface area contributed by atoms with Crippen molar-refractivity contribution in [3.8, 4) is 0 Å². The number of ether oxygens (including phenoxy) is 1. The van der Waals surface area contributed by atoms with Gasteiger partial charge in [-0.15, -0.1) is 0 Å². The summed E-state index contributed by atoms with van der Waals surface area (Å²) in [6.07, 6.45) is 1.45. The van der Waals surface area contributed by atoms with E-state index in [1.807, 2.05) is 37.3 Å². The minimum atomic E-state index is -0.528. The Hall–Kier alpha value is -2.63. The van der Waals surface area contributed by atoms with E-state index in [0.29, 0.717) is 24.3 Å². The van der Waals surface area contributed by atoms with Crippen molar-refractivity contribution in [3.05, 3.63) is 53.3 Å². The summed E-state index contributed by atoms with van der Waals surface area (Å²) >= 11 is 0. The molecule has 2 aromatic rings. The quantitative estimate of drug-likeness (QED) is 0.764. The Kier molecular flexibility index (Phi) is 5.51. The normalized spacial score (nSPS) is 10.4. The first-order chi connectivity index (χ1) is 11.0. The second kappa shape index (κ2) is 7.58. The number of nitrogens with zero attached hydrogens (tertiary/aromatic N) is 3. The number of rotatable bonds is 6. The van der Waals surface area contributed by atoms with E-state index in [9.17, 15) is 9.59 Å². The minimum Gasteiger partial charge on any atom is -0.452 e. The average molecular weight is 315 g/mol. The van der Waals surface area contributed by atoms with Gasteiger partial charge in [-0.1, -0.05) is 30.3 Å². The number of aromatic nitrogens is 2. The van der Waals surface area contributed by atoms with Crippen LogP contribution in [0.4, 0.5) is 0 Å². The van der Waals surface area contributed by atoms with Gasteiger partial charge in [0.2, 0.25) is 0 Å². The molecule has 122 valence electrons. The first-order valence-corrected chi connectivity index (χ1v) is 7.50. The molecule has 0 fully saturated rings. The Morgan fingerprint density at radius 3 is 2.52 bits per heavy atom. The third-order valence-electron chi connectivity index (χ3n) is 3.73. The molecule has 0 saturated carbocycles. The molecule has 23 heavy (non-hydrogen) atoms. The van der Waals surface area contributed by atoms with Crippen LogP contribution in [0.2, 0.25) is 0 Å². The highest BCUT2D eigenvalue weighted by molar-refractivity contribution is 5.92. The van der Waals surface area contributed by atoms with Gasteiger partial charge in [-0.3, -0.25) is 9.48 Å². The maximum absolute atomic E-state index is 12.2. The monoisotopic (exact) mass is 315 g/mol. The Balaban J connectivity index is 1.92. The Labute approximate surface area is 135 Å². The second-order valence-electron chi connectivity index (χ2n) is 5.24. The lowest BCUT2D eigenvalue weighted by atomic mass is 10.2. The predicted molar refractivity (Wildman–Crippen MR) is 85.8 cm³/mol. The predicted octanol–water partition coefficient (Wildman–Crippen LogP) is 1.93. The van der Waals surface area contributed by atoms with Gasteiger partial charge in [-0.2, -0.15) is 5.10 Å². The van der Waals surface area contributed by atoms with Gasteiger partial charge in [0.05, 0.1) is 6.20 Å². The number of carbonyl (C=O) groups excluding carboxylic acids is 2. The van der Waals surface area contributed by atoms with Crippen LogP contribution in [-0.2, 0) is 23.1 Å². The molecule has 0 radical (unpaired) electrons. The number of amides is 1. The molecule has 1 heterocycles. The Bertz CT molecular complexity index is 680. The summed E-state index contributed by atoms with van der Waals surface area (Å²) < 4.78 is 6.71. The van der Waals surface area contributed by atoms with E-state index in [4.69, 9.17) is 4.74 Å². The van der Waals surface area contributed by atoms with Gasteiger partial charge >= 0.3 is 5.97 Å². The van der Waals surface area contributed by atoms with Crippen molar-refractivity contribution in [2.24, 2.45) is 7.05 Å². The zero-order valence-corrected chi connectivity index (χ0v) is 13.7. The highest BCUT2D eigenvalue weighted by atomic mass is 16.5. The van der Waals surface area contributed by atoms with Crippen LogP contribution < -0.4 is 0 Å². The van der Waals surface area contributed by atoms with Gasteiger partial charge in [0.25, 0.3) is 5.91 Å². The summed E-state index contributed by atoms with van der Waals surface area (Å²) in [6.45, 7) is 4.46. The lowest BCUT2D eigenvalue weighted by Crippen LogP contribution is -2.34. The number of carbonyl (C=O) groups is 2. The first-order valence-electron chi connectivity index (χ1n) is 7.50. The molecule has 1 aromatic heterocycles. The standard InChI is InChI=1S/C17H21N3O3/c1-4-20(11-14-8-6-5-7-9-14)16(21)12-23-17(22)15-10-18-19(3)13(15)2/h5-10H,4,11-12H2,1-3H3. The molecule has 0 aliphatic heterocycles. The number of hydrogen-bond acceptors (Lipinski definition) is 4. The molecule has 6 nitrogen and oxygen atoms in total. The SMILES string of the molecule is CCN(Cc1ccccc1)C(=O)COC(=O)c1cnn(C)c1C. The highest BCUT2D eigenvalue weighted by Gasteiger charge is 2.18. The van der Waals surface area contributed by atoms with Crippen LogP contribution in [0.15, 0.2) is 36.5 Å². The number of esters is 1. The molecule has 0 atom stereocenters. The van der Waals surface area contributed by atoms with Crippen LogP contribution in [0.5, 0.6) is 0 Å². The summed E-state index contributed by atoms with van der Waals surface area (Å²) in [7, 11) is 1.75. The van der Waals surface area contributed by atoms with Crippen molar-refractivity contribution in [1.29, 1.82) is 0 Å². The highest BCUT2D eigenvalue weighted by Crippen LogP contribution is 2.08. The van der Waals surface area contributed by atoms with Gasteiger partial charge in [0.1, 0.15) is 5.56 Å². The minimum absolute atomic E-state index is 0.216. The fourth-order valence-corrected chi connectivity index (χ4v) is 2.18. The van der Waals surface area contributed by atoms with E-state index in [0.717, 1.165) is 5.56 Å². The van der Waals surface area contributed by atoms with Crippen molar-refractivity contribution in [2.45, 2.75) is 20.4 Å².